The summed E-state index contributed by atoms with van der Waals surface area (Å²) in [6.07, 6.45) is 1.77. The van der Waals surface area contributed by atoms with E-state index < -0.39 is 11.3 Å². The van der Waals surface area contributed by atoms with Crippen molar-refractivity contribution in [3.63, 3.8) is 0 Å². The van der Waals surface area contributed by atoms with Crippen LogP contribution in [0.15, 0.2) is 41.1 Å². The largest absolute Gasteiger partial charge is 0.399 e. The topological polar surface area (TPSA) is 107 Å². The maximum atomic E-state index is 9.87. The van der Waals surface area contributed by atoms with Crippen molar-refractivity contribution in [2.45, 2.75) is 5.92 Å². The van der Waals surface area contributed by atoms with Crippen LogP contribution in [-0.4, -0.2) is 13.2 Å². The molecule has 0 radical (unpaired) electrons. The minimum absolute atomic E-state index is 0.0413. The first-order valence-corrected chi connectivity index (χ1v) is 8.21. The van der Waals surface area contributed by atoms with Crippen LogP contribution in [0.1, 0.15) is 11.5 Å². The highest BCUT2D eigenvalue weighted by Gasteiger charge is 2.54. The molecule has 124 valence electrons. The molecule has 25 heavy (non-hydrogen) atoms. The molecule has 0 spiro atoms. The monoisotopic (exact) mass is 370 g/mol. The summed E-state index contributed by atoms with van der Waals surface area (Å²) in [4.78, 5) is 0. The first-order chi connectivity index (χ1) is 12.0. The molecule has 0 fully saturated rings. The van der Waals surface area contributed by atoms with Crippen LogP contribution < -0.4 is 5.73 Å². The van der Waals surface area contributed by atoms with E-state index in [0.29, 0.717) is 27.8 Å². The van der Waals surface area contributed by atoms with Crippen molar-refractivity contribution in [3.05, 3.63) is 56.7 Å². The molecular formula is C18H12Cl2N4O. The van der Waals surface area contributed by atoms with Crippen LogP contribution in [0.3, 0.4) is 0 Å². The minimum Gasteiger partial charge on any atom is -0.399 e. The Hall–Kier alpha value is -2.49. The number of rotatable bonds is 1. The van der Waals surface area contributed by atoms with Crippen molar-refractivity contribution in [1.29, 1.82) is 15.8 Å². The van der Waals surface area contributed by atoms with Gasteiger partial charge in [0.1, 0.15) is 6.07 Å². The van der Waals surface area contributed by atoms with E-state index in [9.17, 15) is 15.8 Å². The SMILES string of the molecule is N#CC1=C(N)C(C#N)(C#N)C(c2ccc(Cl)cc2Cl)C2COCC=C12. The Labute approximate surface area is 155 Å². The normalized spacial score (nSPS) is 24.4. The molecule has 0 aromatic heterocycles. The average molecular weight is 371 g/mol. The van der Waals surface area contributed by atoms with Crippen LogP contribution in [0, 0.1) is 45.3 Å². The molecule has 5 nitrogen and oxygen atoms in total. The van der Waals surface area contributed by atoms with E-state index in [1.54, 1.807) is 24.3 Å². The highest BCUT2D eigenvalue weighted by atomic mass is 35.5. The summed E-state index contributed by atoms with van der Waals surface area (Å²) in [6.45, 7) is 0.608. The number of benzene rings is 1. The Balaban J connectivity index is 2.36. The lowest BCUT2D eigenvalue weighted by molar-refractivity contribution is 0.0979. The number of hydrogen-bond donors (Lipinski definition) is 1. The maximum absolute atomic E-state index is 9.87. The second kappa shape index (κ2) is 6.43. The first-order valence-electron chi connectivity index (χ1n) is 7.46. The smallest absolute Gasteiger partial charge is 0.191 e. The molecule has 1 aliphatic carbocycles. The third kappa shape index (κ3) is 2.48. The van der Waals surface area contributed by atoms with Crippen molar-refractivity contribution in [3.8, 4) is 18.2 Å². The lowest BCUT2D eigenvalue weighted by atomic mass is 9.58. The summed E-state index contributed by atoms with van der Waals surface area (Å²) in [5.41, 5.74) is 5.86. The molecule has 2 atom stereocenters. The minimum atomic E-state index is -1.72. The third-order valence-corrected chi connectivity index (χ3v) is 5.29. The highest BCUT2D eigenvalue weighted by Crippen LogP contribution is 2.55. The van der Waals surface area contributed by atoms with Gasteiger partial charge in [0.25, 0.3) is 0 Å². The molecule has 2 N–H and O–H groups in total. The number of allylic oxidation sites excluding steroid dienone is 2. The Morgan fingerprint density at radius 3 is 2.52 bits per heavy atom. The molecule has 7 heteroatoms. The average Bonchev–Trinajstić information content (AvgIpc) is 2.62. The summed E-state index contributed by atoms with van der Waals surface area (Å²) >= 11 is 12.3. The van der Waals surface area contributed by atoms with Crippen molar-refractivity contribution >= 4 is 23.2 Å². The van der Waals surface area contributed by atoms with Crippen LogP contribution in [0.25, 0.3) is 0 Å². The van der Waals surface area contributed by atoms with Gasteiger partial charge >= 0.3 is 0 Å². The zero-order valence-electron chi connectivity index (χ0n) is 13.0. The van der Waals surface area contributed by atoms with Gasteiger partial charge in [0.05, 0.1) is 36.6 Å². The number of nitrogens with two attached hydrogens (primary N) is 1. The van der Waals surface area contributed by atoms with Gasteiger partial charge in [-0.15, -0.1) is 0 Å². The molecule has 1 aromatic rings. The lowest BCUT2D eigenvalue weighted by Crippen LogP contribution is -2.44. The molecular weight excluding hydrogens is 359 g/mol. The van der Waals surface area contributed by atoms with E-state index in [-0.39, 0.29) is 23.8 Å². The summed E-state index contributed by atoms with van der Waals surface area (Å²) < 4.78 is 5.53. The molecule has 0 bridgehead atoms. The van der Waals surface area contributed by atoms with Crippen molar-refractivity contribution in [1.82, 2.24) is 0 Å². The number of fused-ring (bicyclic) bond motifs is 1. The second-order valence-electron chi connectivity index (χ2n) is 5.88. The third-order valence-electron chi connectivity index (χ3n) is 4.73. The van der Waals surface area contributed by atoms with Crippen molar-refractivity contribution in [2.75, 3.05) is 13.2 Å². The first kappa shape index (κ1) is 17.3. The van der Waals surface area contributed by atoms with Crippen molar-refractivity contribution in [2.24, 2.45) is 17.1 Å². The fourth-order valence-electron chi connectivity index (χ4n) is 3.58. The standard InChI is InChI=1S/C18H12Cl2N4O/c19-10-1-2-12(15(20)5-10)16-14-7-25-4-3-11(14)13(6-21)17(24)18(16,8-22)9-23/h1-3,5,14,16H,4,7,24H2. The van der Waals surface area contributed by atoms with Gasteiger partial charge in [0.15, 0.2) is 5.41 Å². The van der Waals surface area contributed by atoms with Crippen LogP contribution in [0.5, 0.6) is 0 Å². The molecule has 0 saturated carbocycles. The Kier molecular flexibility index (Phi) is 4.46. The summed E-state index contributed by atoms with van der Waals surface area (Å²) in [7, 11) is 0. The lowest BCUT2D eigenvalue weighted by Gasteiger charge is -2.43. The molecule has 1 aliphatic heterocycles. The fraction of sp³-hybridized carbons (Fsp3) is 0.278. The van der Waals surface area contributed by atoms with E-state index in [4.69, 9.17) is 33.7 Å². The van der Waals surface area contributed by atoms with E-state index in [2.05, 4.69) is 0 Å². The molecule has 1 aromatic carbocycles. The van der Waals surface area contributed by atoms with E-state index in [1.165, 1.54) is 0 Å². The summed E-state index contributed by atoms with van der Waals surface area (Å²) in [5, 5.41) is 30.1. The Morgan fingerprint density at radius 2 is 1.92 bits per heavy atom. The molecule has 2 unspecified atom stereocenters. The number of ether oxygens (including phenoxy) is 1. The van der Waals surface area contributed by atoms with Gasteiger partial charge < -0.3 is 10.5 Å². The number of nitriles is 3. The van der Waals surface area contributed by atoms with Crippen LogP contribution in [0.2, 0.25) is 10.0 Å². The van der Waals surface area contributed by atoms with Gasteiger partial charge in [-0.3, -0.25) is 0 Å². The van der Waals surface area contributed by atoms with Gasteiger partial charge in [-0.2, -0.15) is 15.8 Å². The molecule has 1 heterocycles. The van der Waals surface area contributed by atoms with Gasteiger partial charge in [0, 0.05) is 21.9 Å². The molecule has 3 rings (SSSR count). The van der Waals surface area contributed by atoms with E-state index in [1.807, 2.05) is 18.2 Å². The van der Waals surface area contributed by atoms with Gasteiger partial charge in [-0.05, 0) is 23.3 Å². The fourth-order valence-corrected chi connectivity index (χ4v) is 4.11. The number of nitrogens with zero attached hydrogens (tertiary/aromatic N) is 3. The predicted molar refractivity (Wildman–Crippen MR) is 92.1 cm³/mol. The molecule has 0 saturated heterocycles. The zero-order valence-corrected chi connectivity index (χ0v) is 14.5. The predicted octanol–water partition coefficient (Wildman–Crippen LogP) is 3.43. The molecule has 2 aliphatic rings. The van der Waals surface area contributed by atoms with Gasteiger partial charge in [-0.1, -0.05) is 35.3 Å². The van der Waals surface area contributed by atoms with Gasteiger partial charge in [-0.25, -0.2) is 0 Å². The highest BCUT2D eigenvalue weighted by molar-refractivity contribution is 6.35. The second-order valence-corrected chi connectivity index (χ2v) is 6.72. The zero-order chi connectivity index (χ0) is 18.2. The van der Waals surface area contributed by atoms with Gasteiger partial charge in [0.2, 0.25) is 0 Å². The Morgan fingerprint density at radius 1 is 1.20 bits per heavy atom. The summed E-state index contributed by atoms with van der Waals surface area (Å²) in [6, 6.07) is 11.0. The maximum Gasteiger partial charge on any atom is 0.191 e. The molecule has 0 amide bonds. The van der Waals surface area contributed by atoms with Crippen molar-refractivity contribution < 1.29 is 4.74 Å². The van der Waals surface area contributed by atoms with E-state index in [0.717, 1.165) is 0 Å². The van der Waals surface area contributed by atoms with Crippen LogP contribution in [-0.2, 0) is 4.74 Å². The van der Waals surface area contributed by atoms with E-state index >= 15 is 0 Å². The Bertz CT molecular complexity index is 916. The number of hydrogen-bond acceptors (Lipinski definition) is 5. The quantitative estimate of drug-likeness (QED) is 0.814. The summed E-state index contributed by atoms with van der Waals surface area (Å²) in [5.74, 6) is -1.05. The van der Waals surface area contributed by atoms with Crippen LogP contribution in [0.4, 0.5) is 0 Å². The number of halogens is 2. The van der Waals surface area contributed by atoms with Crippen LogP contribution >= 0.6 is 23.2 Å².